The molecule has 0 bridgehead atoms. The highest BCUT2D eigenvalue weighted by Gasteiger charge is 2.20. The standard InChI is InChI=1S/C25H31N5O3S/c1-17(26)13-19(18-5-7-21(31)8-6-18)15-27-25(33)22-3-2-4-23-28-20(16-30(22)23)14-24(32)29-9-11-34-12-10-29/h2-8,16-17,19,31H,9-15,26H2,1H3,(H,27,33). The Labute approximate surface area is 203 Å². The smallest absolute Gasteiger partial charge is 0.268 e. The van der Waals surface area contributed by atoms with Gasteiger partial charge in [-0.25, -0.2) is 4.98 Å². The van der Waals surface area contributed by atoms with E-state index in [1.807, 2.05) is 41.8 Å². The highest BCUT2D eigenvalue weighted by molar-refractivity contribution is 7.99. The number of benzene rings is 1. The van der Waals surface area contributed by atoms with Gasteiger partial charge in [0.1, 0.15) is 17.1 Å². The van der Waals surface area contributed by atoms with Gasteiger partial charge in [-0.2, -0.15) is 11.8 Å². The molecule has 2 amide bonds. The molecule has 1 aliphatic heterocycles. The topological polar surface area (TPSA) is 113 Å². The molecule has 0 saturated carbocycles. The van der Waals surface area contributed by atoms with E-state index in [0.717, 1.165) is 30.2 Å². The Morgan fingerprint density at radius 1 is 1.18 bits per heavy atom. The van der Waals surface area contributed by atoms with Gasteiger partial charge < -0.3 is 21.1 Å². The molecule has 4 N–H and O–H groups in total. The number of rotatable bonds is 8. The Bertz CT molecular complexity index is 1140. The van der Waals surface area contributed by atoms with Gasteiger partial charge in [-0.05, 0) is 43.2 Å². The van der Waals surface area contributed by atoms with Crippen molar-refractivity contribution in [3.63, 3.8) is 0 Å². The van der Waals surface area contributed by atoms with Crippen molar-refractivity contribution in [2.24, 2.45) is 5.73 Å². The van der Waals surface area contributed by atoms with E-state index in [1.54, 1.807) is 34.9 Å². The summed E-state index contributed by atoms with van der Waals surface area (Å²) in [5.74, 6) is 2.00. The molecule has 180 valence electrons. The van der Waals surface area contributed by atoms with Gasteiger partial charge in [-0.15, -0.1) is 0 Å². The van der Waals surface area contributed by atoms with Gasteiger partial charge in [-0.1, -0.05) is 18.2 Å². The Morgan fingerprint density at radius 3 is 2.62 bits per heavy atom. The van der Waals surface area contributed by atoms with Crippen LogP contribution < -0.4 is 11.1 Å². The van der Waals surface area contributed by atoms with Gasteiger partial charge in [0.25, 0.3) is 5.91 Å². The number of aromatic hydroxyl groups is 1. The number of carbonyl (C=O) groups excluding carboxylic acids is 2. The summed E-state index contributed by atoms with van der Waals surface area (Å²) in [5.41, 5.74) is 8.80. The molecule has 2 aromatic heterocycles. The first kappa shape index (κ1) is 24.1. The van der Waals surface area contributed by atoms with Crippen LogP contribution in [0.1, 0.15) is 41.0 Å². The largest absolute Gasteiger partial charge is 0.508 e. The van der Waals surface area contributed by atoms with Crippen molar-refractivity contribution in [2.45, 2.75) is 31.7 Å². The first-order valence-electron chi connectivity index (χ1n) is 11.6. The molecule has 4 rings (SSSR count). The number of amides is 2. The van der Waals surface area contributed by atoms with Crippen LogP contribution in [0.4, 0.5) is 0 Å². The summed E-state index contributed by atoms with van der Waals surface area (Å²) in [7, 11) is 0. The molecule has 0 aliphatic carbocycles. The number of phenolic OH excluding ortho intramolecular Hbond substituents is 1. The summed E-state index contributed by atoms with van der Waals surface area (Å²) in [6, 6.07) is 12.3. The van der Waals surface area contributed by atoms with E-state index in [1.165, 1.54) is 0 Å². The molecule has 3 heterocycles. The van der Waals surface area contributed by atoms with Crippen LogP contribution in [0, 0.1) is 0 Å². The lowest BCUT2D eigenvalue weighted by atomic mass is 9.92. The molecule has 9 heteroatoms. The summed E-state index contributed by atoms with van der Waals surface area (Å²) in [4.78, 5) is 32.2. The minimum absolute atomic E-state index is 0.0161. The minimum Gasteiger partial charge on any atom is -0.508 e. The van der Waals surface area contributed by atoms with Gasteiger partial charge >= 0.3 is 0 Å². The molecule has 34 heavy (non-hydrogen) atoms. The second-order valence-electron chi connectivity index (χ2n) is 8.75. The van der Waals surface area contributed by atoms with Crippen LogP contribution in [-0.2, 0) is 11.2 Å². The van der Waals surface area contributed by atoms with E-state index in [9.17, 15) is 14.7 Å². The Kier molecular flexibility index (Phi) is 7.74. The summed E-state index contributed by atoms with van der Waals surface area (Å²) in [6.45, 7) is 3.89. The van der Waals surface area contributed by atoms with Crippen molar-refractivity contribution < 1.29 is 14.7 Å². The van der Waals surface area contributed by atoms with Gasteiger partial charge in [-0.3, -0.25) is 14.0 Å². The fourth-order valence-electron chi connectivity index (χ4n) is 4.25. The average molecular weight is 482 g/mol. The summed E-state index contributed by atoms with van der Waals surface area (Å²) in [5, 5.41) is 12.6. The molecule has 0 spiro atoms. The third kappa shape index (κ3) is 5.90. The number of phenols is 1. The number of nitrogens with two attached hydrogens (primary N) is 1. The monoisotopic (exact) mass is 481 g/mol. The zero-order valence-corrected chi connectivity index (χ0v) is 20.1. The molecule has 3 aromatic rings. The lowest BCUT2D eigenvalue weighted by Gasteiger charge is -2.26. The highest BCUT2D eigenvalue weighted by Crippen LogP contribution is 2.23. The number of hydrogen-bond acceptors (Lipinski definition) is 6. The number of imidazole rings is 1. The molecule has 1 aliphatic rings. The minimum atomic E-state index is -0.220. The molecular formula is C25H31N5O3S. The lowest BCUT2D eigenvalue weighted by molar-refractivity contribution is -0.130. The molecule has 8 nitrogen and oxygen atoms in total. The van der Waals surface area contributed by atoms with Crippen molar-refractivity contribution in [3.8, 4) is 5.75 Å². The average Bonchev–Trinajstić information content (AvgIpc) is 3.25. The zero-order chi connectivity index (χ0) is 24.1. The van der Waals surface area contributed by atoms with Gasteiger partial charge in [0, 0.05) is 49.3 Å². The number of fused-ring (bicyclic) bond motifs is 1. The second kappa shape index (κ2) is 10.9. The number of nitrogens with one attached hydrogen (secondary N) is 1. The van der Waals surface area contributed by atoms with E-state index < -0.39 is 0 Å². The Morgan fingerprint density at radius 2 is 1.91 bits per heavy atom. The molecule has 1 fully saturated rings. The maximum absolute atomic E-state index is 13.1. The predicted octanol–water partition coefficient (Wildman–Crippen LogP) is 2.41. The van der Waals surface area contributed by atoms with E-state index in [2.05, 4.69) is 10.3 Å². The fourth-order valence-corrected chi connectivity index (χ4v) is 5.15. The second-order valence-corrected chi connectivity index (χ2v) is 9.98. The Balaban J connectivity index is 1.47. The number of thioether (sulfide) groups is 1. The summed E-state index contributed by atoms with van der Waals surface area (Å²) in [6.07, 6.45) is 2.70. The van der Waals surface area contributed by atoms with Crippen LogP contribution in [0.3, 0.4) is 0 Å². The number of aromatic nitrogens is 2. The number of hydrogen-bond donors (Lipinski definition) is 3. The molecule has 0 radical (unpaired) electrons. The van der Waals surface area contributed by atoms with Crippen molar-refractivity contribution in [1.29, 1.82) is 0 Å². The molecular weight excluding hydrogens is 450 g/mol. The maximum atomic E-state index is 13.1. The number of carbonyl (C=O) groups is 2. The van der Waals surface area contributed by atoms with E-state index >= 15 is 0 Å². The molecule has 2 unspecified atom stereocenters. The van der Waals surface area contributed by atoms with Crippen LogP contribution in [0.25, 0.3) is 5.65 Å². The normalized spacial score (nSPS) is 15.8. The third-order valence-corrected chi connectivity index (χ3v) is 6.94. The van der Waals surface area contributed by atoms with Crippen LogP contribution in [-0.4, -0.2) is 68.4 Å². The number of nitrogens with zero attached hydrogens (tertiary/aromatic N) is 3. The third-order valence-electron chi connectivity index (χ3n) is 6.00. The van der Waals surface area contributed by atoms with E-state index in [4.69, 9.17) is 5.73 Å². The molecule has 1 saturated heterocycles. The van der Waals surface area contributed by atoms with E-state index in [-0.39, 0.29) is 35.9 Å². The Hall–Kier alpha value is -3.04. The van der Waals surface area contributed by atoms with Crippen LogP contribution >= 0.6 is 11.8 Å². The molecule has 1 aromatic carbocycles. The SMILES string of the molecule is CC(N)CC(CNC(=O)c1cccc2nc(CC(=O)N3CCSCC3)cn12)c1ccc(O)cc1. The van der Waals surface area contributed by atoms with Crippen molar-refractivity contribution >= 4 is 29.2 Å². The van der Waals surface area contributed by atoms with Crippen LogP contribution in [0.2, 0.25) is 0 Å². The van der Waals surface area contributed by atoms with Gasteiger partial charge in [0.15, 0.2) is 0 Å². The van der Waals surface area contributed by atoms with E-state index in [0.29, 0.717) is 30.0 Å². The first-order valence-corrected chi connectivity index (χ1v) is 12.7. The van der Waals surface area contributed by atoms with Crippen molar-refractivity contribution in [3.05, 3.63) is 65.6 Å². The first-order chi connectivity index (χ1) is 16.4. The summed E-state index contributed by atoms with van der Waals surface area (Å²) >= 11 is 1.86. The van der Waals surface area contributed by atoms with Crippen molar-refractivity contribution in [2.75, 3.05) is 31.1 Å². The summed E-state index contributed by atoms with van der Waals surface area (Å²) < 4.78 is 1.74. The zero-order valence-electron chi connectivity index (χ0n) is 19.3. The molecule has 2 atom stereocenters. The number of pyridine rings is 1. The lowest BCUT2D eigenvalue weighted by Crippen LogP contribution is -2.38. The van der Waals surface area contributed by atoms with Gasteiger partial charge in [0.05, 0.1) is 12.1 Å². The fraction of sp³-hybridized carbons (Fsp3) is 0.400. The van der Waals surface area contributed by atoms with Crippen molar-refractivity contribution in [1.82, 2.24) is 19.6 Å². The quantitative estimate of drug-likeness (QED) is 0.455. The maximum Gasteiger partial charge on any atom is 0.268 e. The predicted molar refractivity (Wildman–Crippen MR) is 134 cm³/mol. The highest BCUT2D eigenvalue weighted by atomic mass is 32.2. The van der Waals surface area contributed by atoms with Crippen LogP contribution in [0.15, 0.2) is 48.7 Å². The van der Waals surface area contributed by atoms with Gasteiger partial charge in [0.2, 0.25) is 5.91 Å². The van der Waals surface area contributed by atoms with Crippen LogP contribution in [0.5, 0.6) is 5.75 Å².